The van der Waals surface area contributed by atoms with E-state index in [9.17, 15) is 9.59 Å². The molecular weight excluding hydrogens is 382 g/mol. The maximum Gasteiger partial charge on any atom is 0.349 e. The normalized spacial score (nSPS) is 11.2. The first-order chi connectivity index (χ1) is 13.7. The fourth-order valence-electron chi connectivity index (χ4n) is 2.88. The van der Waals surface area contributed by atoms with Crippen molar-refractivity contribution >= 4 is 28.9 Å². The Labute approximate surface area is 175 Å². The first kappa shape index (κ1) is 20.8. The fraction of sp³-hybridized carbons (Fsp3) is 0.250. The molecule has 1 amide bonds. The molecule has 1 N–H and O–H groups in total. The van der Waals surface area contributed by atoms with Gasteiger partial charge >= 0.3 is 5.97 Å². The molecule has 150 valence electrons. The lowest BCUT2D eigenvalue weighted by atomic mass is 9.87. The van der Waals surface area contributed by atoms with E-state index in [1.165, 1.54) is 16.9 Å². The van der Waals surface area contributed by atoms with Crippen LogP contribution in [0.3, 0.4) is 0 Å². The number of hydrogen-bond donors (Lipinski definition) is 1. The van der Waals surface area contributed by atoms with Crippen LogP contribution in [0.5, 0.6) is 0 Å². The molecule has 3 rings (SSSR count). The van der Waals surface area contributed by atoms with Crippen LogP contribution in [0.15, 0.2) is 60.0 Å². The first-order valence-corrected chi connectivity index (χ1v) is 10.3. The Kier molecular flexibility index (Phi) is 6.18. The van der Waals surface area contributed by atoms with Gasteiger partial charge in [0.05, 0.1) is 0 Å². The highest BCUT2D eigenvalue weighted by molar-refractivity contribution is 7.12. The molecule has 0 radical (unpaired) electrons. The summed E-state index contributed by atoms with van der Waals surface area (Å²) in [5, 5.41) is 4.61. The third-order valence-electron chi connectivity index (χ3n) is 4.58. The topological polar surface area (TPSA) is 55.4 Å². The van der Waals surface area contributed by atoms with Crippen LogP contribution in [0.2, 0.25) is 0 Å². The molecule has 1 heterocycles. The number of rotatable bonds is 5. The van der Waals surface area contributed by atoms with Gasteiger partial charge in [-0.15, -0.1) is 11.3 Å². The third-order valence-corrected chi connectivity index (χ3v) is 5.48. The Morgan fingerprint density at radius 2 is 1.62 bits per heavy atom. The van der Waals surface area contributed by atoms with Crippen molar-refractivity contribution in [2.45, 2.75) is 33.1 Å². The quantitative estimate of drug-likeness (QED) is 0.543. The van der Waals surface area contributed by atoms with Crippen LogP contribution < -0.4 is 5.32 Å². The summed E-state index contributed by atoms with van der Waals surface area (Å²) in [6, 6.07) is 17.5. The van der Waals surface area contributed by atoms with Gasteiger partial charge in [0, 0.05) is 11.3 Å². The van der Waals surface area contributed by atoms with E-state index in [0.717, 1.165) is 16.7 Å². The van der Waals surface area contributed by atoms with Crippen LogP contribution in [0.4, 0.5) is 5.69 Å². The zero-order chi connectivity index (χ0) is 21.0. The Morgan fingerprint density at radius 1 is 0.966 bits per heavy atom. The summed E-state index contributed by atoms with van der Waals surface area (Å²) in [6.45, 7) is 8.09. The molecular formula is C24H25NO3S. The second-order valence-electron chi connectivity index (χ2n) is 7.98. The zero-order valence-electron chi connectivity index (χ0n) is 17.1. The fourth-order valence-corrected chi connectivity index (χ4v) is 3.68. The van der Waals surface area contributed by atoms with Crippen molar-refractivity contribution in [2.75, 3.05) is 11.9 Å². The molecule has 0 aliphatic heterocycles. The van der Waals surface area contributed by atoms with E-state index in [0.29, 0.717) is 10.6 Å². The molecule has 29 heavy (non-hydrogen) atoms. The summed E-state index contributed by atoms with van der Waals surface area (Å²) < 4.78 is 5.24. The lowest BCUT2D eigenvalue weighted by Crippen LogP contribution is -2.21. The standard InChI is InChI=1S/C24H25NO3S/c1-16-5-7-17(8-6-16)20-13-14-29-22(20)23(27)28-15-21(26)25-19-11-9-18(10-12-19)24(2,3)4/h5-14H,15H2,1-4H3,(H,25,26). The van der Waals surface area contributed by atoms with Crippen LogP contribution in [-0.2, 0) is 14.9 Å². The van der Waals surface area contributed by atoms with E-state index in [-0.39, 0.29) is 17.9 Å². The maximum absolute atomic E-state index is 12.5. The number of hydrogen-bond acceptors (Lipinski definition) is 4. The molecule has 0 aliphatic carbocycles. The van der Waals surface area contributed by atoms with E-state index < -0.39 is 5.97 Å². The largest absolute Gasteiger partial charge is 0.451 e. The van der Waals surface area contributed by atoms with Gasteiger partial charge in [-0.25, -0.2) is 4.79 Å². The molecule has 0 aliphatic rings. The van der Waals surface area contributed by atoms with Gasteiger partial charge in [0.15, 0.2) is 6.61 Å². The molecule has 3 aromatic rings. The van der Waals surface area contributed by atoms with Gasteiger partial charge in [-0.2, -0.15) is 0 Å². The van der Waals surface area contributed by atoms with E-state index in [4.69, 9.17) is 4.74 Å². The summed E-state index contributed by atoms with van der Waals surface area (Å²) in [4.78, 5) is 25.2. The number of anilines is 1. The molecule has 0 spiro atoms. The van der Waals surface area contributed by atoms with Crippen LogP contribution in [0.25, 0.3) is 11.1 Å². The molecule has 0 fully saturated rings. The molecule has 0 unspecified atom stereocenters. The minimum atomic E-state index is -0.492. The number of esters is 1. The number of ether oxygens (including phenoxy) is 1. The molecule has 5 heteroatoms. The molecule has 0 saturated carbocycles. The minimum Gasteiger partial charge on any atom is -0.451 e. The lowest BCUT2D eigenvalue weighted by molar-refractivity contribution is -0.119. The predicted molar refractivity (Wildman–Crippen MR) is 119 cm³/mol. The number of aryl methyl sites for hydroxylation is 1. The third kappa shape index (κ3) is 5.33. The van der Waals surface area contributed by atoms with Crippen molar-refractivity contribution < 1.29 is 14.3 Å². The van der Waals surface area contributed by atoms with Crippen molar-refractivity contribution in [1.82, 2.24) is 0 Å². The Morgan fingerprint density at radius 3 is 2.24 bits per heavy atom. The second-order valence-corrected chi connectivity index (χ2v) is 8.90. The molecule has 0 bridgehead atoms. The Hall–Kier alpha value is -2.92. The van der Waals surface area contributed by atoms with Gasteiger partial charge in [-0.3, -0.25) is 4.79 Å². The summed E-state index contributed by atoms with van der Waals surface area (Å²) >= 11 is 1.31. The van der Waals surface area contributed by atoms with Gasteiger partial charge in [-0.1, -0.05) is 62.7 Å². The van der Waals surface area contributed by atoms with Crippen molar-refractivity contribution in [3.63, 3.8) is 0 Å². The SMILES string of the molecule is Cc1ccc(-c2ccsc2C(=O)OCC(=O)Nc2ccc(C(C)(C)C)cc2)cc1. The van der Waals surface area contributed by atoms with Gasteiger partial charge in [0.2, 0.25) is 0 Å². The van der Waals surface area contributed by atoms with Gasteiger partial charge in [0.1, 0.15) is 4.88 Å². The van der Waals surface area contributed by atoms with Crippen molar-refractivity contribution in [2.24, 2.45) is 0 Å². The zero-order valence-corrected chi connectivity index (χ0v) is 17.9. The average Bonchev–Trinajstić information content (AvgIpc) is 3.16. The molecule has 2 aromatic carbocycles. The van der Waals surface area contributed by atoms with E-state index in [1.807, 2.05) is 66.9 Å². The summed E-state index contributed by atoms with van der Waals surface area (Å²) in [6.07, 6.45) is 0. The van der Waals surface area contributed by atoms with Gasteiger partial charge < -0.3 is 10.1 Å². The van der Waals surface area contributed by atoms with Crippen molar-refractivity contribution in [1.29, 1.82) is 0 Å². The van der Waals surface area contributed by atoms with Crippen LogP contribution in [0.1, 0.15) is 41.6 Å². The van der Waals surface area contributed by atoms with Gasteiger partial charge in [-0.05, 0) is 47.0 Å². The molecule has 1 aromatic heterocycles. The molecule has 4 nitrogen and oxygen atoms in total. The number of carbonyl (C=O) groups excluding carboxylic acids is 2. The smallest absolute Gasteiger partial charge is 0.349 e. The summed E-state index contributed by atoms with van der Waals surface area (Å²) in [5.41, 5.74) is 4.83. The van der Waals surface area contributed by atoms with E-state index >= 15 is 0 Å². The second kappa shape index (κ2) is 8.62. The molecule has 0 atom stereocenters. The maximum atomic E-state index is 12.5. The molecule has 0 saturated heterocycles. The van der Waals surface area contributed by atoms with Crippen molar-refractivity contribution in [3.8, 4) is 11.1 Å². The van der Waals surface area contributed by atoms with Crippen LogP contribution in [-0.4, -0.2) is 18.5 Å². The monoisotopic (exact) mass is 407 g/mol. The average molecular weight is 408 g/mol. The first-order valence-electron chi connectivity index (χ1n) is 9.46. The van der Waals surface area contributed by atoms with Crippen LogP contribution in [0, 0.1) is 6.92 Å². The highest BCUT2D eigenvalue weighted by Gasteiger charge is 2.18. The number of nitrogens with one attached hydrogen (secondary N) is 1. The van der Waals surface area contributed by atoms with Crippen LogP contribution >= 0.6 is 11.3 Å². The lowest BCUT2D eigenvalue weighted by Gasteiger charge is -2.19. The Bertz CT molecular complexity index is 996. The minimum absolute atomic E-state index is 0.0495. The highest BCUT2D eigenvalue weighted by atomic mass is 32.1. The van der Waals surface area contributed by atoms with Crippen molar-refractivity contribution in [3.05, 3.63) is 76.0 Å². The van der Waals surface area contributed by atoms with E-state index in [1.54, 1.807) is 0 Å². The predicted octanol–water partition coefficient (Wildman–Crippen LogP) is 5.82. The summed E-state index contributed by atoms with van der Waals surface area (Å²) in [5.74, 6) is -0.857. The van der Waals surface area contributed by atoms with Gasteiger partial charge in [0.25, 0.3) is 5.91 Å². The number of benzene rings is 2. The Balaban J connectivity index is 1.59. The number of carbonyl (C=O) groups is 2. The number of thiophene rings is 1. The highest BCUT2D eigenvalue weighted by Crippen LogP contribution is 2.29. The summed E-state index contributed by atoms with van der Waals surface area (Å²) in [7, 11) is 0. The van der Waals surface area contributed by atoms with E-state index in [2.05, 4.69) is 26.1 Å². The number of amides is 1.